The molecule has 0 spiro atoms. The smallest absolute Gasteiger partial charge is 0.353 e. The van der Waals surface area contributed by atoms with Gasteiger partial charge < -0.3 is 37.9 Å². The molecule has 0 heterocycles. The first-order valence-corrected chi connectivity index (χ1v) is 38.4. The van der Waals surface area contributed by atoms with Crippen LogP contribution in [0.5, 0.6) is 0 Å². The minimum Gasteiger partial charge on any atom is -0.353 e. The summed E-state index contributed by atoms with van der Waals surface area (Å²) in [5, 5.41) is 0. The second kappa shape index (κ2) is 36.3. The molecule has 662 valence electrons. The van der Waals surface area contributed by atoms with Crippen molar-refractivity contribution in [3.63, 3.8) is 0 Å². The first-order valence-electron chi connectivity index (χ1n) is 38.4. The number of ether oxygens (including phenoxy) is 8. The lowest BCUT2D eigenvalue weighted by molar-refractivity contribution is -0.478. The van der Waals surface area contributed by atoms with Crippen LogP contribution in [-0.4, -0.2) is 146 Å². The molecule has 0 radical (unpaired) electrons. The summed E-state index contributed by atoms with van der Waals surface area (Å²) in [5.74, 6) is -69.0. The summed E-state index contributed by atoms with van der Waals surface area (Å²) in [4.78, 5) is 0. The number of unbranched alkanes of at least 4 members (excludes halogenated alkanes) is 2. The van der Waals surface area contributed by atoms with Crippen LogP contribution in [0.15, 0.2) is 25.3 Å². The van der Waals surface area contributed by atoms with Crippen molar-refractivity contribution in [2.75, 3.05) is 26.4 Å². The standard InChI is InChI=1S/C40H62F14O4.C21H24F14O2.C15H28O2/c1-10-13-21-56-25(4)57-32(9)18-15-14-16-29(32)31(8,12-3)24-30(6,7)33-19-17-27(22-33)28(23-33)34(58-26(5)55-20-11-2,35(41,42)37(45,46)39(49,50)51)36(43,44)38(47,48)40(52,53)54;1-4-8-36-11(3)37-15(16(22,23)18(26,27)20(30,31)32,17(24,25)19(28,29)21(33,34)35)13-10-14(5-2)7-6-12(13)9-14;1-5-7-12-16-13(3)17-15(4)11-9-8-10-14(15)6-2/h25-29H,10-24H2,1-9H3;5,11-13H,2,4,6-10H2,1,3H3;6,13-14H,2,5,7-12H2,1,3-4H3. The third-order valence-electron chi connectivity index (χ3n) is 25.0. The number of rotatable bonds is 39. The Kier molecular flexibility index (Phi) is 32.9. The maximum absolute atomic E-state index is 16.5. The minimum absolute atomic E-state index is 0.0160. The predicted octanol–water partition coefficient (Wildman–Crippen LogP) is 26.4. The van der Waals surface area contributed by atoms with Crippen LogP contribution in [-0.2, 0) is 37.9 Å². The molecule has 6 fully saturated rings. The fourth-order valence-electron chi connectivity index (χ4n) is 19.0. The molecule has 0 aromatic rings. The zero-order valence-corrected chi connectivity index (χ0v) is 66.0. The van der Waals surface area contributed by atoms with Crippen LogP contribution < -0.4 is 0 Å². The Morgan fingerprint density at radius 1 is 0.393 bits per heavy atom. The molecule has 0 aromatic carbocycles. The van der Waals surface area contributed by atoms with Crippen molar-refractivity contribution in [3.8, 4) is 0 Å². The van der Waals surface area contributed by atoms with Crippen LogP contribution in [0.1, 0.15) is 251 Å². The second-order valence-electron chi connectivity index (χ2n) is 33.0. The van der Waals surface area contributed by atoms with Crippen molar-refractivity contribution >= 4 is 0 Å². The van der Waals surface area contributed by atoms with Gasteiger partial charge in [0.05, 0.1) is 11.2 Å². The molecule has 4 bridgehead atoms. The highest BCUT2D eigenvalue weighted by Crippen LogP contribution is 2.76. The molecule has 15 atom stereocenters. The molecular formula is C76H114F28O8. The lowest BCUT2D eigenvalue weighted by Crippen LogP contribution is -2.80. The maximum Gasteiger partial charge on any atom is 0.459 e. The average molecular weight is 1690 g/mol. The van der Waals surface area contributed by atoms with E-state index in [9.17, 15) is 70.2 Å². The Bertz CT molecular complexity index is 2880. The van der Waals surface area contributed by atoms with Crippen molar-refractivity contribution in [3.05, 3.63) is 25.3 Å². The number of allylic oxidation sites excluding steroid dienone is 1. The molecule has 0 N–H and O–H groups in total. The largest absolute Gasteiger partial charge is 0.459 e. The van der Waals surface area contributed by atoms with E-state index >= 15 is 52.7 Å². The first kappa shape index (κ1) is 102. The number of hydrogen-bond acceptors (Lipinski definition) is 8. The summed E-state index contributed by atoms with van der Waals surface area (Å²) in [5.41, 5.74) is -17.7. The third-order valence-corrected chi connectivity index (χ3v) is 25.0. The highest BCUT2D eigenvalue weighted by atomic mass is 19.5. The summed E-state index contributed by atoms with van der Waals surface area (Å²) < 4.78 is 451. The molecule has 8 nitrogen and oxygen atoms in total. The highest BCUT2D eigenvalue weighted by Gasteiger charge is 2.96. The second-order valence-corrected chi connectivity index (χ2v) is 33.0. The molecule has 6 rings (SSSR count). The molecule has 0 amide bonds. The van der Waals surface area contributed by atoms with E-state index in [2.05, 4.69) is 47.3 Å². The fraction of sp³-hybridized carbons (Fsp3) is 0.947. The van der Waals surface area contributed by atoms with Gasteiger partial charge in [0.15, 0.2) is 25.2 Å². The van der Waals surface area contributed by atoms with Crippen LogP contribution in [0.25, 0.3) is 0 Å². The molecule has 6 aliphatic carbocycles. The normalized spacial score (nSPS) is 28.7. The van der Waals surface area contributed by atoms with Crippen LogP contribution in [0.2, 0.25) is 0 Å². The molecule has 112 heavy (non-hydrogen) atoms. The van der Waals surface area contributed by atoms with E-state index in [1.165, 1.54) is 39.5 Å². The van der Waals surface area contributed by atoms with Crippen LogP contribution in [0, 0.1) is 57.2 Å². The summed E-state index contributed by atoms with van der Waals surface area (Å²) in [6, 6.07) is 0. The van der Waals surface area contributed by atoms with E-state index < -0.39 is 205 Å². The van der Waals surface area contributed by atoms with Crippen molar-refractivity contribution in [2.45, 2.75) is 371 Å². The predicted molar refractivity (Wildman–Crippen MR) is 359 cm³/mol. The van der Waals surface area contributed by atoms with Crippen LogP contribution in [0.4, 0.5) is 123 Å². The van der Waals surface area contributed by atoms with E-state index in [-0.39, 0.29) is 49.9 Å². The molecule has 36 heteroatoms. The number of halogens is 28. The average Bonchev–Trinajstić information content (AvgIpc) is 1.30. The van der Waals surface area contributed by atoms with E-state index in [0.29, 0.717) is 45.6 Å². The number of fused-ring (bicyclic) bond motifs is 4. The van der Waals surface area contributed by atoms with Gasteiger partial charge in [0.2, 0.25) is 11.2 Å². The summed E-state index contributed by atoms with van der Waals surface area (Å²) in [7, 11) is 0. The lowest BCUT2D eigenvalue weighted by Gasteiger charge is -2.57. The lowest BCUT2D eigenvalue weighted by atomic mass is 9.51. The summed E-state index contributed by atoms with van der Waals surface area (Å²) in [6.07, 6.45) is -24.1. The molecule has 0 aromatic heterocycles. The Balaban J connectivity index is 0.000000413. The quantitative estimate of drug-likeness (QED) is 0.0261. The monoisotopic (exact) mass is 1690 g/mol. The number of alkyl halides is 28. The first-order chi connectivity index (χ1) is 50.7. The summed E-state index contributed by atoms with van der Waals surface area (Å²) in [6.45, 7) is 30.3. The van der Waals surface area contributed by atoms with E-state index in [1.54, 1.807) is 20.8 Å². The van der Waals surface area contributed by atoms with Gasteiger partial charge in [0.1, 0.15) is 0 Å². The molecule has 0 aliphatic heterocycles. The van der Waals surface area contributed by atoms with Gasteiger partial charge in [0, 0.05) is 44.2 Å². The van der Waals surface area contributed by atoms with Crippen LogP contribution >= 0.6 is 0 Å². The van der Waals surface area contributed by atoms with Crippen LogP contribution in [0.3, 0.4) is 0 Å². The van der Waals surface area contributed by atoms with E-state index in [1.807, 2.05) is 34.6 Å². The van der Waals surface area contributed by atoms with Crippen molar-refractivity contribution in [2.24, 2.45) is 57.2 Å². The van der Waals surface area contributed by atoms with Crippen molar-refractivity contribution in [1.29, 1.82) is 0 Å². The zero-order chi connectivity index (χ0) is 86.6. The van der Waals surface area contributed by atoms with Gasteiger partial charge in [-0.05, 0) is 190 Å². The Morgan fingerprint density at radius 3 is 1.11 bits per heavy atom. The van der Waals surface area contributed by atoms with Gasteiger partial charge in [-0.2, -0.15) is 123 Å². The molecule has 6 aliphatic rings. The highest BCUT2D eigenvalue weighted by molar-refractivity contribution is 5.27. The van der Waals surface area contributed by atoms with Gasteiger partial charge in [-0.25, -0.2) is 0 Å². The SMILES string of the molecule is C=CC12CCC(C1)C(C(OC(C)OCCC)(C(F)(F)C(F)(F)C(F)(F)F)C(F)(F)C(F)(F)C(F)(F)F)C2.C=CC1CCCCC1(C)OC(C)OCCCC.CCCCOC(C)OC1(C)CCCCC1C(C)(CC)CC(C)(C)C12CCC(C1)C(C(OC(C)OCCC)(C(F)(F)C(F)(F)C(F)(F)F)C(F)(F)C(F)(F)C(F)(F)F)C2. The van der Waals surface area contributed by atoms with E-state index in [0.717, 1.165) is 51.2 Å². The Labute approximate surface area is 638 Å². The van der Waals surface area contributed by atoms with Crippen molar-refractivity contribution < 1.29 is 161 Å². The molecular weight excluding hydrogens is 1570 g/mol. The Hall–Kier alpha value is -2.80. The summed E-state index contributed by atoms with van der Waals surface area (Å²) >= 11 is 0. The van der Waals surface area contributed by atoms with Gasteiger partial charge in [0.25, 0.3) is 0 Å². The molecule has 0 saturated heterocycles. The molecule has 15 unspecified atom stereocenters. The van der Waals surface area contributed by atoms with Gasteiger partial charge in [-0.1, -0.05) is 112 Å². The number of hydrogen-bond donors (Lipinski definition) is 0. The van der Waals surface area contributed by atoms with Gasteiger partial charge >= 0.3 is 72.1 Å². The minimum atomic E-state index is -7.58. The zero-order valence-electron chi connectivity index (χ0n) is 66.0. The van der Waals surface area contributed by atoms with E-state index in [4.69, 9.17) is 23.7 Å². The van der Waals surface area contributed by atoms with Gasteiger partial charge in [-0.3, -0.25) is 0 Å². The maximum atomic E-state index is 16.5. The van der Waals surface area contributed by atoms with Crippen molar-refractivity contribution in [1.82, 2.24) is 0 Å². The van der Waals surface area contributed by atoms with Gasteiger partial charge in [-0.15, -0.1) is 13.2 Å². The third kappa shape index (κ3) is 19.0. The Morgan fingerprint density at radius 2 is 0.750 bits per heavy atom. The molecule has 6 saturated carbocycles. The fourth-order valence-corrected chi connectivity index (χ4v) is 19.0. The topological polar surface area (TPSA) is 73.8 Å².